The number of nitrogens with zero attached hydrogens (tertiary/aromatic N) is 2. The summed E-state index contributed by atoms with van der Waals surface area (Å²) in [6, 6.07) is 51.0. The highest BCUT2D eigenvalue weighted by molar-refractivity contribution is 6.21. The van der Waals surface area contributed by atoms with Crippen LogP contribution in [-0.2, 0) is 0 Å². The summed E-state index contributed by atoms with van der Waals surface area (Å²) < 4.78 is 6.76. The minimum atomic E-state index is 0.201. The smallest absolute Gasteiger partial charge is 0.146 e. The number of rotatable bonds is 8. The maximum atomic E-state index is 10.1. The first-order chi connectivity index (χ1) is 25.8. The fraction of sp³-hybridized carbons (Fsp3) is 0.143. The largest absolute Gasteiger partial charge is 0.455 e. The lowest BCUT2D eigenvalue weighted by molar-refractivity contribution is 0.668. The van der Waals surface area contributed by atoms with Crippen LogP contribution in [0, 0.1) is 12.3 Å². The molecule has 0 saturated carbocycles. The molecule has 0 atom stereocenters. The van der Waals surface area contributed by atoms with Crippen LogP contribution < -0.4 is 4.90 Å². The summed E-state index contributed by atoms with van der Waals surface area (Å²) in [6.45, 7) is 11.0. The first-order valence-corrected chi connectivity index (χ1v) is 18.4. The van der Waals surface area contributed by atoms with Gasteiger partial charge in [0.05, 0.1) is 16.9 Å². The lowest BCUT2D eigenvalue weighted by atomic mass is 9.87. The SMILES string of the molecule is Cc1cc(N(C(=N)c2cccc3c2oc2cc(-c4ccc(-c5ccccc5)cc4)ccc23)c2c(C(C)C)cc(-c3ccccc3)cc2C(C)C)ccn1. The van der Waals surface area contributed by atoms with Gasteiger partial charge < -0.3 is 4.42 Å². The van der Waals surface area contributed by atoms with Gasteiger partial charge in [0.1, 0.15) is 17.0 Å². The summed E-state index contributed by atoms with van der Waals surface area (Å²) in [7, 11) is 0. The molecule has 0 aliphatic heterocycles. The minimum absolute atomic E-state index is 0.201. The summed E-state index contributed by atoms with van der Waals surface area (Å²) >= 11 is 0. The molecular weight excluding hydrogens is 647 g/mol. The Morgan fingerprint density at radius 3 is 1.74 bits per heavy atom. The Kier molecular flexibility index (Phi) is 8.97. The summed E-state index contributed by atoms with van der Waals surface area (Å²) in [6.07, 6.45) is 1.84. The molecule has 2 aromatic heterocycles. The van der Waals surface area contributed by atoms with Crippen molar-refractivity contribution in [2.75, 3.05) is 4.90 Å². The van der Waals surface area contributed by atoms with Crippen molar-refractivity contribution < 1.29 is 4.42 Å². The van der Waals surface area contributed by atoms with Gasteiger partial charge in [-0.05, 0) is 106 Å². The first-order valence-electron chi connectivity index (χ1n) is 18.4. The zero-order valence-electron chi connectivity index (χ0n) is 30.9. The van der Waals surface area contributed by atoms with Crippen LogP contribution in [-0.4, -0.2) is 10.8 Å². The maximum absolute atomic E-state index is 10.1. The number of aromatic nitrogens is 1. The molecule has 8 aromatic rings. The topological polar surface area (TPSA) is 53.1 Å². The number of hydrogen-bond acceptors (Lipinski definition) is 3. The van der Waals surface area contributed by atoms with E-state index in [4.69, 9.17) is 4.42 Å². The molecule has 8 rings (SSSR count). The minimum Gasteiger partial charge on any atom is -0.455 e. The number of benzene rings is 6. The van der Waals surface area contributed by atoms with Gasteiger partial charge >= 0.3 is 0 Å². The second-order valence-electron chi connectivity index (χ2n) is 14.5. The lowest BCUT2D eigenvalue weighted by Crippen LogP contribution is -2.29. The van der Waals surface area contributed by atoms with Gasteiger partial charge in [0, 0.05) is 22.7 Å². The van der Waals surface area contributed by atoms with E-state index in [1.54, 1.807) is 0 Å². The molecule has 0 spiro atoms. The molecule has 0 radical (unpaired) electrons. The number of pyridine rings is 1. The normalized spacial score (nSPS) is 11.5. The molecule has 1 N–H and O–H groups in total. The van der Waals surface area contributed by atoms with Crippen LogP contribution in [0.4, 0.5) is 11.4 Å². The number of fused-ring (bicyclic) bond motifs is 3. The first kappa shape index (κ1) is 33.9. The number of anilines is 2. The van der Waals surface area contributed by atoms with Gasteiger partial charge in [-0.15, -0.1) is 0 Å². The monoisotopic (exact) mass is 689 g/mol. The van der Waals surface area contributed by atoms with Crippen molar-refractivity contribution in [3.63, 3.8) is 0 Å². The van der Waals surface area contributed by atoms with E-state index in [0.717, 1.165) is 50.1 Å². The van der Waals surface area contributed by atoms with E-state index in [-0.39, 0.29) is 11.8 Å². The molecule has 0 aliphatic carbocycles. The van der Waals surface area contributed by atoms with E-state index in [2.05, 4.69) is 159 Å². The second kappa shape index (κ2) is 14.0. The molecule has 0 fully saturated rings. The van der Waals surface area contributed by atoms with E-state index in [1.807, 2.05) is 37.4 Å². The van der Waals surface area contributed by atoms with Crippen molar-refractivity contribution in [3.8, 4) is 33.4 Å². The van der Waals surface area contributed by atoms with Crippen LogP contribution in [0.15, 0.2) is 156 Å². The summed E-state index contributed by atoms with van der Waals surface area (Å²) in [4.78, 5) is 6.65. The third-order valence-electron chi connectivity index (χ3n) is 10.2. The van der Waals surface area contributed by atoms with Gasteiger partial charge in [-0.1, -0.05) is 131 Å². The van der Waals surface area contributed by atoms with Crippen molar-refractivity contribution in [2.45, 2.75) is 46.5 Å². The molecule has 0 amide bonds. The van der Waals surface area contributed by atoms with Gasteiger partial charge in [-0.2, -0.15) is 0 Å². The van der Waals surface area contributed by atoms with E-state index in [9.17, 15) is 5.41 Å². The van der Waals surface area contributed by atoms with Crippen molar-refractivity contribution in [1.82, 2.24) is 4.98 Å². The van der Waals surface area contributed by atoms with Gasteiger partial charge in [0.15, 0.2) is 0 Å². The quantitative estimate of drug-likeness (QED) is 0.128. The zero-order valence-corrected chi connectivity index (χ0v) is 30.9. The molecule has 53 heavy (non-hydrogen) atoms. The van der Waals surface area contributed by atoms with Crippen LogP contribution in [0.3, 0.4) is 0 Å². The second-order valence-corrected chi connectivity index (χ2v) is 14.5. The van der Waals surface area contributed by atoms with Crippen LogP contribution >= 0.6 is 0 Å². The number of aryl methyl sites for hydroxylation is 1. The molecule has 6 aromatic carbocycles. The number of para-hydroxylation sites is 1. The van der Waals surface area contributed by atoms with Crippen molar-refractivity contribution in [2.24, 2.45) is 0 Å². The van der Waals surface area contributed by atoms with E-state index < -0.39 is 0 Å². The molecule has 4 nitrogen and oxygen atoms in total. The average Bonchev–Trinajstić information content (AvgIpc) is 3.57. The Hall–Kier alpha value is -6.26. The summed E-state index contributed by atoms with van der Waals surface area (Å²) in [5, 5.41) is 12.1. The average molecular weight is 690 g/mol. The Morgan fingerprint density at radius 1 is 0.566 bits per heavy atom. The van der Waals surface area contributed by atoms with E-state index in [0.29, 0.717) is 11.4 Å². The molecule has 4 heteroatoms. The highest BCUT2D eigenvalue weighted by Gasteiger charge is 2.28. The predicted octanol–water partition coefficient (Wildman–Crippen LogP) is 13.7. The molecule has 2 heterocycles. The Morgan fingerprint density at radius 2 is 1.13 bits per heavy atom. The van der Waals surface area contributed by atoms with Crippen LogP contribution in [0.5, 0.6) is 0 Å². The highest BCUT2D eigenvalue weighted by atomic mass is 16.3. The van der Waals surface area contributed by atoms with Crippen molar-refractivity contribution in [3.05, 3.63) is 174 Å². The summed E-state index contributed by atoms with van der Waals surface area (Å²) in [5.41, 5.74) is 14.4. The van der Waals surface area contributed by atoms with Crippen LogP contribution in [0.2, 0.25) is 0 Å². The molecular formula is C49H43N3O. The lowest BCUT2D eigenvalue weighted by Gasteiger charge is -2.33. The Bertz CT molecular complexity index is 2550. The molecule has 0 unspecified atom stereocenters. The fourth-order valence-corrected chi connectivity index (χ4v) is 7.43. The predicted molar refractivity (Wildman–Crippen MR) is 223 cm³/mol. The van der Waals surface area contributed by atoms with Crippen molar-refractivity contribution >= 4 is 39.1 Å². The molecule has 0 bridgehead atoms. The van der Waals surface area contributed by atoms with Crippen molar-refractivity contribution in [1.29, 1.82) is 5.41 Å². The van der Waals surface area contributed by atoms with Gasteiger partial charge in [-0.25, -0.2) is 0 Å². The number of furan rings is 1. The molecule has 260 valence electrons. The van der Waals surface area contributed by atoms with Crippen LogP contribution in [0.25, 0.3) is 55.3 Å². The fourth-order valence-electron chi connectivity index (χ4n) is 7.43. The zero-order chi connectivity index (χ0) is 36.6. The molecule has 0 aliphatic rings. The third kappa shape index (κ3) is 6.42. The molecule has 0 saturated heterocycles. The Labute approximate surface area is 311 Å². The van der Waals surface area contributed by atoms with Crippen LogP contribution in [0.1, 0.15) is 61.9 Å². The standard InChI is InChI=1S/C49H43N3O/c1-31(2)44-28-39(35-15-10-7-11-16-35)29-45(32(3)4)47(44)52(40-25-26-51-33(5)27-40)49(50)43-18-12-17-42-41-24-23-38(30-46(41)53-48(42)43)37-21-19-36(20-22-37)34-13-8-6-9-14-34/h6-32,50H,1-5H3. The summed E-state index contributed by atoms with van der Waals surface area (Å²) in [5.74, 6) is 0.756. The van der Waals surface area contributed by atoms with Gasteiger partial charge in [0.25, 0.3) is 0 Å². The number of amidine groups is 1. The highest BCUT2D eigenvalue weighted by Crippen LogP contribution is 2.44. The Balaban J connectivity index is 1.27. The number of hydrogen-bond donors (Lipinski definition) is 1. The van der Waals surface area contributed by atoms with Gasteiger partial charge in [-0.3, -0.25) is 15.3 Å². The number of nitrogens with one attached hydrogen (secondary N) is 1. The van der Waals surface area contributed by atoms with Gasteiger partial charge in [0.2, 0.25) is 0 Å². The maximum Gasteiger partial charge on any atom is 0.146 e. The third-order valence-corrected chi connectivity index (χ3v) is 10.2. The van der Waals surface area contributed by atoms with E-state index >= 15 is 0 Å². The van der Waals surface area contributed by atoms with E-state index in [1.165, 1.54) is 33.4 Å².